The van der Waals surface area contributed by atoms with Crippen LogP contribution in [0.5, 0.6) is 5.75 Å². The first-order valence-corrected chi connectivity index (χ1v) is 8.68. The molecule has 0 aliphatic heterocycles. The van der Waals surface area contributed by atoms with E-state index in [0.29, 0.717) is 5.69 Å². The molecule has 1 atom stereocenters. The molecule has 0 bridgehead atoms. The minimum atomic E-state index is -0.114. The van der Waals surface area contributed by atoms with Crippen molar-refractivity contribution in [3.05, 3.63) is 46.8 Å². The van der Waals surface area contributed by atoms with E-state index in [2.05, 4.69) is 15.5 Å². The van der Waals surface area contributed by atoms with Gasteiger partial charge in [-0.25, -0.2) is 0 Å². The lowest BCUT2D eigenvalue weighted by molar-refractivity contribution is 0.0933. The van der Waals surface area contributed by atoms with Crippen molar-refractivity contribution in [2.45, 2.75) is 58.6 Å². The molecule has 128 valence electrons. The molecule has 5 heteroatoms. The first kappa shape index (κ1) is 16.6. The van der Waals surface area contributed by atoms with Gasteiger partial charge < -0.3 is 10.1 Å². The summed E-state index contributed by atoms with van der Waals surface area (Å²) in [6.07, 6.45) is 4.33. The minimum absolute atomic E-state index is 0.107. The summed E-state index contributed by atoms with van der Waals surface area (Å²) in [4.78, 5) is 12.6. The van der Waals surface area contributed by atoms with E-state index in [9.17, 15) is 4.79 Å². The lowest BCUT2D eigenvalue weighted by atomic mass is 9.95. The van der Waals surface area contributed by atoms with Crippen LogP contribution < -0.4 is 10.1 Å². The van der Waals surface area contributed by atoms with Crippen molar-refractivity contribution in [1.82, 2.24) is 15.5 Å². The van der Waals surface area contributed by atoms with Crippen molar-refractivity contribution in [1.29, 1.82) is 0 Å². The highest BCUT2D eigenvalue weighted by Gasteiger charge is 2.22. The molecule has 24 heavy (non-hydrogen) atoms. The summed E-state index contributed by atoms with van der Waals surface area (Å²) >= 11 is 0. The minimum Gasteiger partial charge on any atom is -0.491 e. The molecule has 0 fully saturated rings. The largest absolute Gasteiger partial charge is 0.491 e. The van der Waals surface area contributed by atoms with Gasteiger partial charge in [-0.1, -0.05) is 12.1 Å². The Bertz CT molecular complexity index is 721. The first-order chi connectivity index (χ1) is 11.5. The summed E-state index contributed by atoms with van der Waals surface area (Å²) in [5.41, 5.74) is 3.77. The van der Waals surface area contributed by atoms with Gasteiger partial charge in [0.25, 0.3) is 5.91 Å². The number of nitrogens with one attached hydrogen (secondary N) is 2. The van der Waals surface area contributed by atoms with Gasteiger partial charge >= 0.3 is 0 Å². The van der Waals surface area contributed by atoms with Crippen LogP contribution in [0.3, 0.4) is 0 Å². The first-order valence-electron chi connectivity index (χ1n) is 8.68. The monoisotopic (exact) mass is 327 g/mol. The second-order valence-electron chi connectivity index (χ2n) is 6.67. The van der Waals surface area contributed by atoms with Crippen LogP contribution in [0.25, 0.3) is 0 Å². The number of rotatable bonds is 5. The van der Waals surface area contributed by atoms with Gasteiger partial charge in [-0.3, -0.25) is 9.89 Å². The van der Waals surface area contributed by atoms with Crippen LogP contribution in [-0.2, 0) is 12.8 Å². The maximum atomic E-state index is 12.6. The Hall–Kier alpha value is -2.30. The van der Waals surface area contributed by atoms with Crippen molar-refractivity contribution in [3.8, 4) is 5.75 Å². The average molecular weight is 327 g/mol. The zero-order valence-corrected chi connectivity index (χ0v) is 14.6. The smallest absolute Gasteiger partial charge is 0.272 e. The predicted octanol–water partition coefficient (Wildman–Crippen LogP) is 3.57. The van der Waals surface area contributed by atoms with Crippen LogP contribution in [0.15, 0.2) is 24.3 Å². The van der Waals surface area contributed by atoms with Gasteiger partial charge in [0.1, 0.15) is 5.75 Å². The van der Waals surface area contributed by atoms with Gasteiger partial charge in [-0.2, -0.15) is 5.10 Å². The summed E-state index contributed by atoms with van der Waals surface area (Å²) in [6, 6.07) is 7.75. The van der Waals surface area contributed by atoms with E-state index >= 15 is 0 Å². The maximum Gasteiger partial charge on any atom is 0.272 e. The molecule has 2 aromatic rings. The molecule has 0 saturated heterocycles. The predicted molar refractivity (Wildman–Crippen MR) is 93.3 cm³/mol. The van der Waals surface area contributed by atoms with Gasteiger partial charge in [0, 0.05) is 11.3 Å². The molecule has 3 rings (SSSR count). The highest BCUT2D eigenvalue weighted by molar-refractivity contribution is 5.94. The average Bonchev–Trinajstić information content (AvgIpc) is 2.98. The molecular weight excluding hydrogens is 302 g/mol. The van der Waals surface area contributed by atoms with E-state index in [1.54, 1.807) is 0 Å². The van der Waals surface area contributed by atoms with Gasteiger partial charge in [-0.15, -0.1) is 0 Å². The van der Waals surface area contributed by atoms with Crippen LogP contribution in [0.2, 0.25) is 0 Å². The summed E-state index contributed by atoms with van der Waals surface area (Å²) in [5.74, 6) is 0.706. The van der Waals surface area contributed by atoms with Crippen LogP contribution in [-0.4, -0.2) is 22.2 Å². The number of aryl methyl sites for hydroxylation is 1. The van der Waals surface area contributed by atoms with Crippen molar-refractivity contribution in [3.63, 3.8) is 0 Å². The number of benzene rings is 1. The van der Waals surface area contributed by atoms with Crippen molar-refractivity contribution < 1.29 is 9.53 Å². The van der Waals surface area contributed by atoms with Crippen molar-refractivity contribution >= 4 is 5.91 Å². The molecule has 1 aliphatic carbocycles. The van der Waals surface area contributed by atoms with Gasteiger partial charge in [0.2, 0.25) is 0 Å². The van der Waals surface area contributed by atoms with Crippen LogP contribution >= 0.6 is 0 Å². The molecule has 1 aromatic carbocycles. The Morgan fingerprint density at radius 3 is 2.83 bits per heavy atom. The fourth-order valence-corrected chi connectivity index (χ4v) is 3.15. The van der Waals surface area contributed by atoms with E-state index in [-0.39, 0.29) is 18.1 Å². The zero-order valence-electron chi connectivity index (χ0n) is 14.6. The van der Waals surface area contributed by atoms with E-state index in [1.807, 2.05) is 45.0 Å². The number of aromatic nitrogens is 2. The number of carbonyl (C=O) groups excluding carboxylic acids is 1. The van der Waals surface area contributed by atoms with Gasteiger partial charge in [-0.05, 0) is 64.2 Å². The number of amides is 1. The second kappa shape index (κ2) is 7.07. The van der Waals surface area contributed by atoms with Crippen LogP contribution in [0.1, 0.15) is 67.0 Å². The van der Waals surface area contributed by atoms with Crippen molar-refractivity contribution in [2.75, 3.05) is 0 Å². The zero-order chi connectivity index (χ0) is 17.1. The molecule has 2 N–H and O–H groups in total. The summed E-state index contributed by atoms with van der Waals surface area (Å²) in [6.45, 7) is 5.97. The molecular formula is C19H25N3O2. The number of H-pyrrole nitrogens is 1. The topological polar surface area (TPSA) is 67.0 Å². The number of carbonyl (C=O) groups is 1. The molecule has 0 radical (unpaired) electrons. The third-order valence-corrected chi connectivity index (χ3v) is 4.35. The molecule has 1 aromatic heterocycles. The number of nitrogens with zero attached hydrogens (tertiary/aromatic N) is 1. The summed E-state index contributed by atoms with van der Waals surface area (Å²) in [5, 5.41) is 10.3. The number of ether oxygens (including phenoxy) is 1. The van der Waals surface area contributed by atoms with Gasteiger partial charge in [0.05, 0.1) is 12.1 Å². The van der Waals surface area contributed by atoms with Gasteiger partial charge in [0.15, 0.2) is 5.69 Å². The number of hydrogen-bond donors (Lipinski definition) is 2. The second-order valence-corrected chi connectivity index (χ2v) is 6.67. The van der Waals surface area contributed by atoms with E-state index < -0.39 is 0 Å². The quantitative estimate of drug-likeness (QED) is 0.882. The lowest BCUT2D eigenvalue weighted by Gasteiger charge is -2.17. The Kier molecular flexibility index (Phi) is 4.88. The number of hydrogen-bond acceptors (Lipinski definition) is 3. The Morgan fingerprint density at radius 1 is 1.25 bits per heavy atom. The molecule has 1 unspecified atom stereocenters. The third-order valence-electron chi connectivity index (χ3n) is 4.35. The summed E-state index contributed by atoms with van der Waals surface area (Å²) in [7, 11) is 0. The fourth-order valence-electron chi connectivity index (χ4n) is 3.15. The third kappa shape index (κ3) is 3.61. The molecule has 1 aliphatic rings. The lowest BCUT2D eigenvalue weighted by Crippen LogP contribution is -2.28. The molecule has 1 heterocycles. The van der Waals surface area contributed by atoms with Crippen LogP contribution in [0, 0.1) is 0 Å². The number of aromatic amines is 1. The molecule has 0 spiro atoms. The summed E-state index contributed by atoms with van der Waals surface area (Å²) < 4.78 is 5.73. The number of fused-ring (bicyclic) bond motifs is 1. The normalized spacial score (nSPS) is 15.0. The SMILES string of the molecule is CC(C)Oc1cccc(C(C)NC(=O)c2n[nH]c3c2CCCC3)c1. The highest BCUT2D eigenvalue weighted by atomic mass is 16.5. The van der Waals surface area contributed by atoms with Crippen LogP contribution in [0.4, 0.5) is 0 Å². The molecule has 1 amide bonds. The highest BCUT2D eigenvalue weighted by Crippen LogP contribution is 2.24. The fraction of sp³-hybridized carbons (Fsp3) is 0.474. The van der Waals surface area contributed by atoms with E-state index in [4.69, 9.17) is 4.74 Å². The molecule has 5 nitrogen and oxygen atoms in total. The standard InChI is InChI=1S/C19H25N3O2/c1-12(2)24-15-8-6-7-14(11-15)13(3)20-19(23)18-16-9-4-5-10-17(16)21-22-18/h6-8,11-13H,4-5,9-10H2,1-3H3,(H,20,23)(H,21,22). The Balaban J connectivity index is 1.71. The van der Waals surface area contributed by atoms with E-state index in [1.165, 1.54) is 0 Å². The molecule has 0 saturated carbocycles. The van der Waals surface area contributed by atoms with Crippen molar-refractivity contribution in [2.24, 2.45) is 0 Å². The maximum absolute atomic E-state index is 12.6. The van der Waals surface area contributed by atoms with E-state index in [0.717, 1.165) is 48.3 Å². The Labute approximate surface area is 142 Å². The Morgan fingerprint density at radius 2 is 2.04 bits per heavy atom.